The molecule has 0 spiro atoms. The van der Waals surface area contributed by atoms with Crippen LogP contribution in [0, 0.1) is 0 Å². The van der Waals surface area contributed by atoms with Crippen LogP contribution in [0.1, 0.15) is 30.6 Å². The lowest BCUT2D eigenvalue weighted by atomic mass is 10.0. The van der Waals surface area contributed by atoms with Crippen molar-refractivity contribution in [2.45, 2.75) is 37.8 Å². The molecule has 1 aliphatic carbocycles. The van der Waals surface area contributed by atoms with E-state index in [4.69, 9.17) is 0 Å². The number of hydrogen-bond acceptors (Lipinski definition) is 3. The number of aliphatic hydroxyl groups is 1. The Kier molecular flexibility index (Phi) is 4.06. The van der Waals surface area contributed by atoms with Crippen molar-refractivity contribution < 1.29 is 5.11 Å². The molecule has 0 aliphatic heterocycles. The third kappa shape index (κ3) is 3.06. The summed E-state index contributed by atoms with van der Waals surface area (Å²) in [6.07, 6.45) is 4.27. The first-order chi connectivity index (χ1) is 7.59. The summed E-state index contributed by atoms with van der Waals surface area (Å²) in [6, 6.07) is 2.08. The molecule has 1 heterocycles. The van der Waals surface area contributed by atoms with Gasteiger partial charge in [0.2, 0.25) is 0 Å². The predicted octanol–water partition coefficient (Wildman–Crippen LogP) is 3.25. The molecule has 1 aromatic heterocycles. The molecule has 1 saturated carbocycles. The third-order valence-corrected chi connectivity index (χ3v) is 5.11. The van der Waals surface area contributed by atoms with Crippen LogP contribution in [0.4, 0.5) is 0 Å². The molecular weight excluding hydrogens is 286 g/mol. The molecule has 90 valence electrons. The Labute approximate surface area is 109 Å². The van der Waals surface area contributed by atoms with E-state index in [9.17, 15) is 5.11 Å². The van der Waals surface area contributed by atoms with Crippen LogP contribution in [-0.4, -0.2) is 29.2 Å². The van der Waals surface area contributed by atoms with Crippen LogP contribution in [0.3, 0.4) is 0 Å². The van der Waals surface area contributed by atoms with Gasteiger partial charge >= 0.3 is 0 Å². The van der Waals surface area contributed by atoms with Gasteiger partial charge in [0.25, 0.3) is 0 Å². The monoisotopic (exact) mass is 303 g/mol. The number of thiophene rings is 1. The number of nitrogens with zero attached hydrogens (tertiary/aromatic N) is 1. The van der Waals surface area contributed by atoms with Crippen molar-refractivity contribution in [1.82, 2.24) is 4.90 Å². The molecule has 0 saturated heterocycles. The van der Waals surface area contributed by atoms with Crippen LogP contribution in [0.15, 0.2) is 15.9 Å². The van der Waals surface area contributed by atoms with E-state index >= 15 is 0 Å². The van der Waals surface area contributed by atoms with Crippen LogP contribution in [0.5, 0.6) is 0 Å². The zero-order chi connectivity index (χ0) is 11.6. The SMILES string of the molecule is CN(Cc1sccc1Br)CC1(O)CCCC1. The van der Waals surface area contributed by atoms with Crippen LogP contribution in [0.2, 0.25) is 0 Å². The second-order valence-electron chi connectivity index (χ2n) is 4.80. The molecule has 1 fully saturated rings. The normalized spacial score (nSPS) is 19.5. The molecule has 1 N–H and O–H groups in total. The maximum atomic E-state index is 10.3. The van der Waals surface area contributed by atoms with E-state index in [0.29, 0.717) is 0 Å². The van der Waals surface area contributed by atoms with Gasteiger partial charge in [-0.3, -0.25) is 4.90 Å². The average Bonchev–Trinajstić information content (AvgIpc) is 2.77. The standard InChI is InChI=1S/C12H18BrNOS/c1-14(8-11-10(13)4-7-16-11)9-12(15)5-2-3-6-12/h4,7,15H,2-3,5-6,8-9H2,1H3. The van der Waals surface area contributed by atoms with E-state index in [1.165, 1.54) is 22.2 Å². The quantitative estimate of drug-likeness (QED) is 0.923. The number of hydrogen-bond donors (Lipinski definition) is 1. The molecule has 2 nitrogen and oxygen atoms in total. The second-order valence-corrected chi connectivity index (χ2v) is 6.65. The Morgan fingerprint density at radius 2 is 2.19 bits per heavy atom. The van der Waals surface area contributed by atoms with Gasteiger partial charge in [-0.05, 0) is 47.3 Å². The average molecular weight is 304 g/mol. The fraction of sp³-hybridized carbons (Fsp3) is 0.667. The summed E-state index contributed by atoms with van der Waals surface area (Å²) in [4.78, 5) is 3.56. The first-order valence-corrected chi connectivity index (χ1v) is 7.39. The van der Waals surface area contributed by atoms with Gasteiger partial charge in [0.05, 0.1) is 5.60 Å². The van der Waals surface area contributed by atoms with Gasteiger partial charge in [-0.15, -0.1) is 11.3 Å². The number of likely N-dealkylation sites (N-methyl/N-ethyl adjacent to an activating group) is 1. The number of rotatable bonds is 4. The minimum Gasteiger partial charge on any atom is -0.389 e. The zero-order valence-electron chi connectivity index (χ0n) is 9.58. The van der Waals surface area contributed by atoms with Gasteiger partial charge in [0.1, 0.15) is 0 Å². The highest BCUT2D eigenvalue weighted by atomic mass is 79.9. The third-order valence-electron chi connectivity index (χ3n) is 3.20. The summed E-state index contributed by atoms with van der Waals surface area (Å²) in [5, 5.41) is 12.4. The lowest BCUT2D eigenvalue weighted by molar-refractivity contribution is 0.0147. The van der Waals surface area contributed by atoms with Crippen LogP contribution in [0.25, 0.3) is 0 Å². The van der Waals surface area contributed by atoms with E-state index in [-0.39, 0.29) is 0 Å². The van der Waals surface area contributed by atoms with Gasteiger partial charge in [0, 0.05) is 22.4 Å². The smallest absolute Gasteiger partial charge is 0.0774 e. The largest absolute Gasteiger partial charge is 0.389 e. The maximum absolute atomic E-state index is 10.3. The fourth-order valence-corrected chi connectivity index (χ4v) is 3.99. The van der Waals surface area contributed by atoms with Gasteiger partial charge in [-0.1, -0.05) is 12.8 Å². The Bertz CT molecular complexity index is 347. The van der Waals surface area contributed by atoms with Crippen molar-refractivity contribution in [2.75, 3.05) is 13.6 Å². The van der Waals surface area contributed by atoms with Gasteiger partial charge in [0.15, 0.2) is 0 Å². The van der Waals surface area contributed by atoms with Crippen molar-refractivity contribution in [1.29, 1.82) is 0 Å². The highest BCUT2D eigenvalue weighted by Gasteiger charge is 2.32. The van der Waals surface area contributed by atoms with Gasteiger partial charge < -0.3 is 5.11 Å². The lowest BCUT2D eigenvalue weighted by Gasteiger charge is -2.28. The van der Waals surface area contributed by atoms with E-state index < -0.39 is 5.60 Å². The van der Waals surface area contributed by atoms with Gasteiger partial charge in [-0.2, -0.15) is 0 Å². The fourth-order valence-electron chi connectivity index (χ4n) is 2.43. The molecule has 4 heteroatoms. The lowest BCUT2D eigenvalue weighted by Crippen LogP contribution is -2.38. The Morgan fingerprint density at radius 3 is 2.75 bits per heavy atom. The van der Waals surface area contributed by atoms with Gasteiger partial charge in [-0.25, -0.2) is 0 Å². The molecule has 1 aliphatic rings. The first kappa shape index (κ1) is 12.6. The summed E-state index contributed by atoms with van der Waals surface area (Å²) < 4.78 is 1.18. The van der Waals surface area contributed by atoms with Crippen molar-refractivity contribution in [3.05, 3.63) is 20.8 Å². The Balaban J connectivity index is 1.89. The molecule has 16 heavy (non-hydrogen) atoms. The van der Waals surface area contributed by atoms with E-state index in [2.05, 4.69) is 39.3 Å². The van der Waals surface area contributed by atoms with Crippen LogP contribution < -0.4 is 0 Å². The van der Waals surface area contributed by atoms with Crippen molar-refractivity contribution in [3.63, 3.8) is 0 Å². The Morgan fingerprint density at radius 1 is 1.50 bits per heavy atom. The van der Waals surface area contributed by atoms with E-state index in [1.807, 2.05) is 0 Å². The Hall–Kier alpha value is 0.1000. The molecule has 0 atom stereocenters. The molecule has 0 radical (unpaired) electrons. The van der Waals surface area contributed by atoms with E-state index in [1.54, 1.807) is 11.3 Å². The summed E-state index contributed by atoms with van der Waals surface area (Å²) in [7, 11) is 2.09. The minimum absolute atomic E-state index is 0.432. The molecular formula is C12H18BrNOS. The summed E-state index contributed by atoms with van der Waals surface area (Å²) in [5.41, 5.74) is -0.432. The molecule has 0 aromatic carbocycles. The molecule has 0 unspecified atom stereocenters. The summed E-state index contributed by atoms with van der Waals surface area (Å²) in [5.74, 6) is 0. The van der Waals surface area contributed by atoms with Crippen molar-refractivity contribution >= 4 is 27.3 Å². The molecule has 0 amide bonds. The molecule has 1 aromatic rings. The highest BCUT2D eigenvalue weighted by molar-refractivity contribution is 9.10. The minimum atomic E-state index is -0.432. The zero-order valence-corrected chi connectivity index (χ0v) is 12.0. The maximum Gasteiger partial charge on any atom is 0.0774 e. The topological polar surface area (TPSA) is 23.5 Å². The molecule has 2 rings (SSSR count). The predicted molar refractivity (Wildman–Crippen MR) is 71.8 cm³/mol. The summed E-state index contributed by atoms with van der Waals surface area (Å²) in [6.45, 7) is 1.71. The summed E-state index contributed by atoms with van der Waals surface area (Å²) >= 11 is 5.31. The van der Waals surface area contributed by atoms with Crippen LogP contribution >= 0.6 is 27.3 Å². The van der Waals surface area contributed by atoms with Crippen molar-refractivity contribution in [2.24, 2.45) is 0 Å². The first-order valence-electron chi connectivity index (χ1n) is 5.72. The second kappa shape index (κ2) is 5.17. The highest BCUT2D eigenvalue weighted by Crippen LogP contribution is 2.31. The van der Waals surface area contributed by atoms with Crippen LogP contribution in [-0.2, 0) is 6.54 Å². The van der Waals surface area contributed by atoms with E-state index in [0.717, 1.165) is 25.9 Å². The molecule has 0 bridgehead atoms. The van der Waals surface area contributed by atoms with Crippen molar-refractivity contribution in [3.8, 4) is 0 Å². The number of halogens is 1.